The lowest BCUT2D eigenvalue weighted by Gasteiger charge is -2.08. The van der Waals surface area contributed by atoms with Crippen LogP contribution >= 0.6 is 11.6 Å². The zero-order valence-electron chi connectivity index (χ0n) is 9.88. The topological polar surface area (TPSA) is 78.4 Å². The second-order valence-electron chi connectivity index (χ2n) is 3.83. The maximum absolute atomic E-state index is 10.7. The van der Waals surface area contributed by atoms with E-state index in [-0.39, 0.29) is 5.69 Å². The van der Waals surface area contributed by atoms with Crippen LogP contribution in [0.15, 0.2) is 42.5 Å². The largest absolute Gasteiger partial charge is 0.456 e. The molecule has 0 saturated heterocycles. The summed E-state index contributed by atoms with van der Waals surface area (Å²) in [7, 11) is 0. The second kappa shape index (κ2) is 5.69. The number of nitrogens with two attached hydrogens (primary N) is 1. The van der Waals surface area contributed by atoms with Crippen molar-refractivity contribution >= 4 is 17.3 Å². The van der Waals surface area contributed by atoms with Gasteiger partial charge in [0.1, 0.15) is 11.5 Å². The summed E-state index contributed by atoms with van der Waals surface area (Å²) in [4.78, 5) is 10.2. The summed E-state index contributed by atoms with van der Waals surface area (Å²) in [6.45, 7) is 0.386. The van der Waals surface area contributed by atoms with Crippen molar-refractivity contribution in [1.82, 2.24) is 0 Å². The van der Waals surface area contributed by atoms with Gasteiger partial charge in [-0.3, -0.25) is 10.1 Å². The Morgan fingerprint density at radius 1 is 1.26 bits per heavy atom. The van der Waals surface area contributed by atoms with Crippen LogP contribution in [0.4, 0.5) is 5.69 Å². The summed E-state index contributed by atoms with van der Waals surface area (Å²) >= 11 is 6.05. The molecule has 0 aliphatic heterocycles. The summed E-state index contributed by atoms with van der Waals surface area (Å²) < 4.78 is 5.52. The van der Waals surface area contributed by atoms with Gasteiger partial charge in [0, 0.05) is 12.6 Å². The first-order valence-corrected chi connectivity index (χ1v) is 5.89. The van der Waals surface area contributed by atoms with E-state index in [1.54, 1.807) is 30.3 Å². The highest BCUT2D eigenvalue weighted by atomic mass is 35.5. The maximum Gasteiger partial charge on any atom is 0.273 e. The van der Waals surface area contributed by atoms with E-state index in [0.29, 0.717) is 23.1 Å². The van der Waals surface area contributed by atoms with Gasteiger partial charge in [0.15, 0.2) is 0 Å². The number of halogens is 1. The molecule has 2 aromatic carbocycles. The van der Waals surface area contributed by atoms with E-state index in [4.69, 9.17) is 22.1 Å². The molecule has 0 radical (unpaired) electrons. The first kappa shape index (κ1) is 13.3. The van der Waals surface area contributed by atoms with Crippen LogP contribution in [0.5, 0.6) is 11.5 Å². The zero-order chi connectivity index (χ0) is 13.8. The molecule has 0 amide bonds. The predicted molar refractivity (Wildman–Crippen MR) is 72.5 cm³/mol. The van der Waals surface area contributed by atoms with Gasteiger partial charge < -0.3 is 10.5 Å². The number of nitrogens with zero attached hydrogens (tertiary/aromatic N) is 1. The number of benzene rings is 2. The molecule has 0 spiro atoms. The molecular formula is C13H11ClN2O3. The lowest BCUT2D eigenvalue weighted by atomic mass is 10.2. The minimum absolute atomic E-state index is 0.0350. The number of nitro groups is 1. The number of non-ortho nitro benzene ring substituents is 1. The molecule has 2 N–H and O–H groups in total. The third-order valence-electron chi connectivity index (χ3n) is 2.49. The molecule has 0 bridgehead atoms. The first-order valence-electron chi connectivity index (χ1n) is 5.51. The summed E-state index contributed by atoms with van der Waals surface area (Å²) in [6.07, 6.45) is 0. The molecule has 0 unspecified atom stereocenters. The van der Waals surface area contributed by atoms with E-state index < -0.39 is 4.92 Å². The Hall–Kier alpha value is -2.11. The Kier molecular flexibility index (Phi) is 3.99. The molecule has 2 rings (SSSR count). The molecule has 0 aromatic heterocycles. The zero-order valence-corrected chi connectivity index (χ0v) is 10.6. The minimum Gasteiger partial charge on any atom is -0.456 e. The molecule has 0 heterocycles. The van der Waals surface area contributed by atoms with Crippen molar-refractivity contribution < 1.29 is 9.66 Å². The Morgan fingerprint density at radius 3 is 2.68 bits per heavy atom. The first-order chi connectivity index (χ1) is 9.10. The van der Waals surface area contributed by atoms with Crippen molar-refractivity contribution in [3.05, 3.63) is 63.2 Å². The van der Waals surface area contributed by atoms with Crippen LogP contribution in [0.3, 0.4) is 0 Å². The van der Waals surface area contributed by atoms with Gasteiger partial charge in [-0.15, -0.1) is 0 Å². The normalized spacial score (nSPS) is 10.2. The molecule has 0 fully saturated rings. The molecule has 2 aromatic rings. The molecule has 0 saturated carbocycles. The van der Waals surface area contributed by atoms with E-state index in [1.165, 1.54) is 12.1 Å². The van der Waals surface area contributed by atoms with Crippen LogP contribution in [0, 0.1) is 10.1 Å². The lowest BCUT2D eigenvalue weighted by Crippen LogP contribution is -1.96. The van der Waals surface area contributed by atoms with Crippen LogP contribution in [0.25, 0.3) is 0 Å². The standard InChI is InChI=1S/C13H11ClN2O3/c14-12-6-9(8-15)4-5-13(12)19-11-3-1-2-10(7-11)16(17)18/h1-7H,8,15H2. The van der Waals surface area contributed by atoms with Gasteiger partial charge in [-0.1, -0.05) is 23.7 Å². The summed E-state index contributed by atoms with van der Waals surface area (Å²) in [5.74, 6) is 0.788. The number of nitro benzene ring substituents is 1. The van der Waals surface area contributed by atoms with Crippen LogP contribution in [0.1, 0.15) is 5.56 Å². The predicted octanol–water partition coefficient (Wildman–Crippen LogP) is 3.50. The van der Waals surface area contributed by atoms with Crippen LogP contribution in [-0.4, -0.2) is 4.92 Å². The number of rotatable bonds is 4. The van der Waals surface area contributed by atoms with Crippen molar-refractivity contribution in [2.45, 2.75) is 6.54 Å². The molecule has 19 heavy (non-hydrogen) atoms. The van der Waals surface area contributed by atoms with Gasteiger partial charge in [-0.2, -0.15) is 0 Å². The van der Waals surface area contributed by atoms with Gasteiger partial charge in [-0.25, -0.2) is 0 Å². The highest BCUT2D eigenvalue weighted by Crippen LogP contribution is 2.31. The molecule has 6 heteroatoms. The van der Waals surface area contributed by atoms with Crippen molar-refractivity contribution in [1.29, 1.82) is 0 Å². The van der Waals surface area contributed by atoms with E-state index >= 15 is 0 Å². The third-order valence-corrected chi connectivity index (χ3v) is 2.78. The minimum atomic E-state index is -0.480. The second-order valence-corrected chi connectivity index (χ2v) is 4.23. The molecule has 0 atom stereocenters. The van der Waals surface area contributed by atoms with Crippen LogP contribution in [-0.2, 0) is 6.54 Å². The van der Waals surface area contributed by atoms with Crippen LogP contribution < -0.4 is 10.5 Å². The fourth-order valence-corrected chi connectivity index (χ4v) is 1.78. The third kappa shape index (κ3) is 3.21. The molecule has 0 aliphatic rings. The van der Waals surface area contributed by atoms with Gasteiger partial charge in [0.2, 0.25) is 0 Å². The van der Waals surface area contributed by atoms with Gasteiger partial charge >= 0.3 is 0 Å². The van der Waals surface area contributed by atoms with Gasteiger partial charge in [-0.05, 0) is 23.8 Å². The highest BCUT2D eigenvalue weighted by Gasteiger charge is 2.09. The van der Waals surface area contributed by atoms with Crippen molar-refractivity contribution in [3.8, 4) is 11.5 Å². The van der Waals surface area contributed by atoms with Gasteiger partial charge in [0.25, 0.3) is 5.69 Å². The van der Waals surface area contributed by atoms with Gasteiger partial charge in [0.05, 0.1) is 16.0 Å². The average molecular weight is 279 g/mol. The Morgan fingerprint density at radius 2 is 2.05 bits per heavy atom. The monoisotopic (exact) mass is 278 g/mol. The molecular weight excluding hydrogens is 268 g/mol. The maximum atomic E-state index is 10.7. The Balaban J connectivity index is 2.26. The summed E-state index contributed by atoms with van der Waals surface area (Å²) in [5.41, 5.74) is 6.35. The summed E-state index contributed by atoms with van der Waals surface area (Å²) in [5, 5.41) is 11.1. The smallest absolute Gasteiger partial charge is 0.273 e. The highest BCUT2D eigenvalue weighted by molar-refractivity contribution is 6.32. The van der Waals surface area contributed by atoms with Crippen LogP contribution in [0.2, 0.25) is 5.02 Å². The number of hydrogen-bond donors (Lipinski definition) is 1. The Labute approximate surface area is 114 Å². The lowest BCUT2D eigenvalue weighted by molar-refractivity contribution is -0.384. The number of ether oxygens (including phenoxy) is 1. The van der Waals surface area contributed by atoms with E-state index in [0.717, 1.165) is 5.56 Å². The van der Waals surface area contributed by atoms with E-state index in [9.17, 15) is 10.1 Å². The van der Waals surface area contributed by atoms with Crippen molar-refractivity contribution in [2.24, 2.45) is 5.73 Å². The van der Waals surface area contributed by atoms with E-state index in [2.05, 4.69) is 0 Å². The van der Waals surface area contributed by atoms with Crippen molar-refractivity contribution in [2.75, 3.05) is 0 Å². The quantitative estimate of drug-likeness (QED) is 0.686. The Bertz CT molecular complexity index is 617. The van der Waals surface area contributed by atoms with E-state index in [1.807, 2.05) is 0 Å². The fourth-order valence-electron chi connectivity index (χ4n) is 1.54. The number of hydrogen-bond acceptors (Lipinski definition) is 4. The average Bonchev–Trinajstić information content (AvgIpc) is 2.41. The van der Waals surface area contributed by atoms with Crippen molar-refractivity contribution in [3.63, 3.8) is 0 Å². The SMILES string of the molecule is NCc1ccc(Oc2cccc([N+](=O)[O-])c2)c(Cl)c1. The molecule has 0 aliphatic carbocycles. The molecule has 98 valence electrons. The fraction of sp³-hybridized carbons (Fsp3) is 0.0769. The molecule has 5 nitrogen and oxygen atoms in total. The summed E-state index contributed by atoms with van der Waals surface area (Å²) in [6, 6.07) is 11.1.